The zero-order chi connectivity index (χ0) is 8.48. The largest absolute Gasteiger partial charge is 0.467 e. The maximum atomic E-state index is 5.36. The lowest BCUT2D eigenvalue weighted by atomic mass is 10.2. The Bertz CT molecular complexity index is 238. The molecule has 0 aliphatic rings. The Morgan fingerprint density at radius 3 is 2.36 bits per heavy atom. The van der Waals surface area contributed by atoms with E-state index in [1.165, 1.54) is 0 Å². The summed E-state index contributed by atoms with van der Waals surface area (Å²) in [6.45, 7) is 5.67. The fraction of sp³-hybridized carbons (Fsp3) is 0.667. The lowest BCUT2D eigenvalue weighted by Crippen LogP contribution is -2.23. The molecule has 11 heavy (non-hydrogen) atoms. The molecule has 0 spiro atoms. The zero-order valence-corrected chi connectivity index (χ0v) is 6.79. The van der Waals surface area contributed by atoms with Crippen molar-refractivity contribution in [3.63, 3.8) is 0 Å². The van der Waals surface area contributed by atoms with Gasteiger partial charge in [-0.05, 0) is 31.1 Å². The second-order valence-corrected chi connectivity index (χ2v) is 3.17. The van der Waals surface area contributed by atoms with Crippen molar-refractivity contribution in [2.24, 2.45) is 0 Å². The minimum Gasteiger partial charge on any atom is -0.467 e. The highest BCUT2D eigenvalue weighted by Crippen LogP contribution is 2.19. The van der Waals surface area contributed by atoms with Gasteiger partial charge in [-0.25, -0.2) is 4.63 Å². The summed E-state index contributed by atoms with van der Waals surface area (Å²) < 4.78 is 9.62. The van der Waals surface area contributed by atoms with E-state index in [4.69, 9.17) is 10.5 Å². The Kier molecular flexibility index (Phi) is 1.72. The number of nitrogens with zero attached hydrogens (tertiary/aromatic N) is 2. The Hall–Kier alpha value is -1.26. The van der Waals surface area contributed by atoms with E-state index in [2.05, 4.69) is 14.9 Å². The number of aromatic nitrogens is 2. The maximum Gasteiger partial charge on any atom is 0.300 e. The molecule has 0 amide bonds. The van der Waals surface area contributed by atoms with Crippen molar-refractivity contribution in [2.45, 2.75) is 26.4 Å². The molecule has 62 valence electrons. The Morgan fingerprint density at radius 1 is 1.36 bits per heavy atom. The van der Waals surface area contributed by atoms with Crippen LogP contribution in [0, 0.1) is 0 Å². The molecule has 1 aromatic rings. The average molecular weight is 157 g/mol. The number of nitrogen functional groups attached to an aromatic ring is 1. The normalized spacial score (nSPS) is 11.5. The molecule has 2 N–H and O–H groups in total. The second kappa shape index (κ2) is 2.41. The minimum absolute atomic E-state index is 0.180. The van der Waals surface area contributed by atoms with Crippen LogP contribution in [0.1, 0.15) is 20.8 Å². The van der Waals surface area contributed by atoms with Crippen LogP contribution in [0.3, 0.4) is 0 Å². The van der Waals surface area contributed by atoms with Gasteiger partial charge in [-0.2, -0.15) is 0 Å². The number of ether oxygens (including phenoxy) is 1. The maximum absolute atomic E-state index is 5.36. The monoisotopic (exact) mass is 157 g/mol. The van der Waals surface area contributed by atoms with Gasteiger partial charge < -0.3 is 10.5 Å². The first kappa shape index (κ1) is 7.84. The van der Waals surface area contributed by atoms with E-state index < -0.39 is 0 Å². The Labute approximate surface area is 64.5 Å². The van der Waals surface area contributed by atoms with Gasteiger partial charge in [-0.1, -0.05) is 0 Å². The number of rotatable bonds is 1. The molecule has 0 saturated heterocycles. The fourth-order valence-corrected chi connectivity index (χ4v) is 0.548. The minimum atomic E-state index is -0.327. The second-order valence-electron chi connectivity index (χ2n) is 3.17. The molecule has 0 bridgehead atoms. The van der Waals surface area contributed by atoms with Gasteiger partial charge in [-0.3, -0.25) is 0 Å². The summed E-state index contributed by atoms with van der Waals surface area (Å²) in [6, 6.07) is 0. The summed E-state index contributed by atoms with van der Waals surface area (Å²) >= 11 is 0. The molecule has 0 unspecified atom stereocenters. The van der Waals surface area contributed by atoms with Gasteiger partial charge >= 0.3 is 5.88 Å². The molecule has 0 atom stereocenters. The van der Waals surface area contributed by atoms with Crippen molar-refractivity contribution in [1.29, 1.82) is 0 Å². The molecule has 5 heteroatoms. The molecule has 5 nitrogen and oxygen atoms in total. The van der Waals surface area contributed by atoms with Gasteiger partial charge in [-0.15, -0.1) is 0 Å². The van der Waals surface area contributed by atoms with Crippen molar-refractivity contribution in [3.8, 4) is 5.88 Å². The summed E-state index contributed by atoms with van der Waals surface area (Å²) in [5.74, 6) is 0.428. The first-order valence-electron chi connectivity index (χ1n) is 3.26. The van der Waals surface area contributed by atoms with Gasteiger partial charge in [0.2, 0.25) is 5.82 Å². The molecular weight excluding hydrogens is 146 g/mol. The molecule has 0 aromatic carbocycles. The van der Waals surface area contributed by atoms with Crippen LogP contribution in [0.5, 0.6) is 5.88 Å². The van der Waals surface area contributed by atoms with E-state index >= 15 is 0 Å². The van der Waals surface area contributed by atoms with Gasteiger partial charge in [0.05, 0.1) is 0 Å². The number of nitrogens with two attached hydrogens (primary N) is 1. The quantitative estimate of drug-likeness (QED) is 0.653. The van der Waals surface area contributed by atoms with Crippen molar-refractivity contribution < 1.29 is 9.37 Å². The Morgan fingerprint density at radius 2 is 2.00 bits per heavy atom. The summed E-state index contributed by atoms with van der Waals surface area (Å²) in [4.78, 5) is 0. The van der Waals surface area contributed by atoms with Crippen LogP contribution in [-0.2, 0) is 0 Å². The van der Waals surface area contributed by atoms with E-state index in [0.29, 0.717) is 0 Å². The number of anilines is 1. The zero-order valence-electron chi connectivity index (χ0n) is 6.79. The predicted octanol–water partition coefficient (Wildman–Crippen LogP) is 0.829. The van der Waals surface area contributed by atoms with E-state index in [1.54, 1.807) is 0 Å². The van der Waals surface area contributed by atoms with Gasteiger partial charge in [0, 0.05) is 0 Å². The van der Waals surface area contributed by atoms with Crippen LogP contribution in [0.15, 0.2) is 4.63 Å². The first-order valence-corrected chi connectivity index (χ1v) is 3.26. The van der Waals surface area contributed by atoms with Crippen LogP contribution in [0.4, 0.5) is 5.82 Å². The van der Waals surface area contributed by atoms with E-state index in [-0.39, 0.29) is 17.3 Å². The summed E-state index contributed by atoms with van der Waals surface area (Å²) in [6.07, 6.45) is 0. The van der Waals surface area contributed by atoms with Gasteiger partial charge in [0.25, 0.3) is 0 Å². The average Bonchev–Trinajstić information content (AvgIpc) is 2.12. The van der Waals surface area contributed by atoms with Crippen LogP contribution in [-0.4, -0.2) is 15.9 Å². The molecule has 0 radical (unpaired) electrons. The fourth-order valence-electron chi connectivity index (χ4n) is 0.548. The van der Waals surface area contributed by atoms with Crippen molar-refractivity contribution in [2.75, 3.05) is 5.73 Å². The third-order valence-corrected chi connectivity index (χ3v) is 0.885. The Balaban J connectivity index is 2.72. The smallest absolute Gasteiger partial charge is 0.300 e. The highest BCUT2D eigenvalue weighted by atomic mass is 16.6. The molecule has 1 aromatic heterocycles. The van der Waals surface area contributed by atoms with Gasteiger partial charge in [0.15, 0.2) is 0 Å². The molecule has 0 aliphatic carbocycles. The lowest BCUT2D eigenvalue weighted by Gasteiger charge is -2.18. The lowest BCUT2D eigenvalue weighted by molar-refractivity contribution is 0.116. The van der Waals surface area contributed by atoms with Crippen molar-refractivity contribution in [1.82, 2.24) is 10.3 Å². The summed E-state index contributed by atoms with van der Waals surface area (Å²) in [5, 5.41) is 6.84. The standard InChI is InChI=1S/C6H11N3O2/c1-6(2,3)10-5-4(7)8-11-9-5/h1-3H3,(H2,7,8). The molecule has 0 saturated carbocycles. The van der Waals surface area contributed by atoms with Crippen molar-refractivity contribution in [3.05, 3.63) is 0 Å². The predicted molar refractivity (Wildman–Crippen MR) is 39.1 cm³/mol. The van der Waals surface area contributed by atoms with Crippen LogP contribution in [0.25, 0.3) is 0 Å². The molecule has 1 heterocycles. The van der Waals surface area contributed by atoms with Crippen LogP contribution in [0.2, 0.25) is 0 Å². The number of hydrogen-bond donors (Lipinski definition) is 1. The first-order chi connectivity index (χ1) is 4.99. The molecule has 0 fully saturated rings. The number of hydrogen-bond acceptors (Lipinski definition) is 5. The topological polar surface area (TPSA) is 74.2 Å². The van der Waals surface area contributed by atoms with Gasteiger partial charge in [0.1, 0.15) is 5.60 Å². The highest BCUT2D eigenvalue weighted by Gasteiger charge is 2.17. The van der Waals surface area contributed by atoms with Crippen LogP contribution >= 0.6 is 0 Å². The third kappa shape index (κ3) is 2.10. The summed E-state index contributed by atoms with van der Waals surface area (Å²) in [5.41, 5.74) is 5.03. The third-order valence-electron chi connectivity index (χ3n) is 0.885. The highest BCUT2D eigenvalue weighted by molar-refractivity contribution is 5.37. The van der Waals surface area contributed by atoms with Crippen LogP contribution < -0.4 is 10.5 Å². The molecule has 0 aliphatic heterocycles. The van der Waals surface area contributed by atoms with E-state index in [0.717, 1.165) is 0 Å². The molecular formula is C6H11N3O2. The van der Waals surface area contributed by atoms with E-state index in [9.17, 15) is 0 Å². The molecule has 1 rings (SSSR count). The van der Waals surface area contributed by atoms with E-state index in [1.807, 2.05) is 20.8 Å². The van der Waals surface area contributed by atoms with Crippen molar-refractivity contribution >= 4 is 5.82 Å². The SMILES string of the molecule is CC(C)(C)Oc1nonc1N. The summed E-state index contributed by atoms with van der Waals surface area (Å²) in [7, 11) is 0.